The van der Waals surface area contributed by atoms with Crippen LogP contribution in [0.1, 0.15) is 35.5 Å². The molecular weight excluding hydrogens is 264 g/mol. The minimum absolute atomic E-state index is 0.0861. The van der Waals surface area contributed by atoms with E-state index in [1.54, 1.807) is 18.7 Å². The zero-order valence-electron chi connectivity index (χ0n) is 12.6. The molecule has 0 radical (unpaired) electrons. The first-order chi connectivity index (χ1) is 9.97. The molecule has 5 nitrogen and oxygen atoms in total. The van der Waals surface area contributed by atoms with Gasteiger partial charge in [0, 0.05) is 13.0 Å². The van der Waals surface area contributed by atoms with Crippen molar-refractivity contribution >= 4 is 11.0 Å². The summed E-state index contributed by atoms with van der Waals surface area (Å²) in [5.74, 6) is 0.695. The summed E-state index contributed by atoms with van der Waals surface area (Å²) >= 11 is 0. The fourth-order valence-corrected chi connectivity index (χ4v) is 2.62. The molecule has 2 heterocycles. The molecule has 2 aromatic heterocycles. The van der Waals surface area contributed by atoms with Crippen LogP contribution in [0.25, 0.3) is 11.0 Å². The molecule has 3 aromatic rings. The highest BCUT2D eigenvalue weighted by Gasteiger charge is 2.20. The van der Waals surface area contributed by atoms with Crippen LogP contribution in [0.3, 0.4) is 0 Å². The molecule has 1 N–H and O–H groups in total. The minimum Gasteiger partial charge on any atom is -0.309 e. The third kappa shape index (κ3) is 2.24. The Labute approximate surface area is 122 Å². The van der Waals surface area contributed by atoms with Crippen LogP contribution in [-0.2, 0) is 7.05 Å². The maximum atomic E-state index is 12.1. The van der Waals surface area contributed by atoms with E-state index in [1.807, 2.05) is 0 Å². The summed E-state index contributed by atoms with van der Waals surface area (Å²) in [4.78, 5) is 19.3. The smallest absolute Gasteiger partial charge is 0.277 e. The first kappa shape index (κ1) is 13.5. The standard InChI is InChI=1S/C16H18N4O/c1-9-5-7-12(8-6-9)10(2)13-14-15(20(4)19-13)16(21)18-11(3)17-14/h5-8,10H,1-4H3,(H,17,18,21). The van der Waals surface area contributed by atoms with Crippen molar-refractivity contribution in [2.45, 2.75) is 26.7 Å². The van der Waals surface area contributed by atoms with E-state index in [2.05, 4.69) is 53.2 Å². The summed E-state index contributed by atoms with van der Waals surface area (Å²) in [7, 11) is 1.78. The number of aromatic nitrogens is 4. The molecule has 0 aliphatic heterocycles. The fourth-order valence-electron chi connectivity index (χ4n) is 2.62. The zero-order chi connectivity index (χ0) is 15.1. The van der Waals surface area contributed by atoms with Crippen LogP contribution in [0, 0.1) is 13.8 Å². The number of aromatic amines is 1. The number of fused-ring (bicyclic) bond motifs is 1. The second-order valence-electron chi connectivity index (χ2n) is 5.49. The molecule has 0 fully saturated rings. The molecule has 0 bridgehead atoms. The van der Waals surface area contributed by atoms with Crippen molar-refractivity contribution in [3.63, 3.8) is 0 Å². The molecule has 5 heteroatoms. The molecule has 0 saturated carbocycles. The lowest BCUT2D eigenvalue weighted by Gasteiger charge is -2.09. The van der Waals surface area contributed by atoms with Crippen molar-refractivity contribution in [3.8, 4) is 0 Å². The van der Waals surface area contributed by atoms with E-state index in [9.17, 15) is 4.79 Å². The largest absolute Gasteiger partial charge is 0.309 e. The summed E-state index contributed by atoms with van der Waals surface area (Å²) in [5, 5.41) is 4.52. The highest BCUT2D eigenvalue weighted by atomic mass is 16.1. The SMILES string of the molecule is Cc1ccc(C(C)c2nn(C)c3c(=O)[nH]c(C)nc23)cc1. The van der Waals surface area contributed by atoms with E-state index in [1.165, 1.54) is 11.1 Å². The van der Waals surface area contributed by atoms with Gasteiger partial charge in [0.05, 0.1) is 5.69 Å². The van der Waals surface area contributed by atoms with Crippen LogP contribution < -0.4 is 5.56 Å². The van der Waals surface area contributed by atoms with Gasteiger partial charge in [-0.25, -0.2) is 4.98 Å². The maximum Gasteiger partial charge on any atom is 0.277 e. The molecule has 0 saturated heterocycles. The van der Waals surface area contributed by atoms with Crippen LogP contribution in [0.5, 0.6) is 0 Å². The lowest BCUT2D eigenvalue weighted by Crippen LogP contribution is -2.12. The van der Waals surface area contributed by atoms with Gasteiger partial charge in [-0.2, -0.15) is 5.10 Å². The predicted octanol–water partition coefficient (Wildman–Crippen LogP) is 2.43. The number of rotatable bonds is 2. The van der Waals surface area contributed by atoms with Gasteiger partial charge in [0.1, 0.15) is 11.3 Å². The van der Waals surface area contributed by atoms with Crippen molar-refractivity contribution in [2.24, 2.45) is 7.05 Å². The van der Waals surface area contributed by atoms with Crippen LogP contribution in [0.2, 0.25) is 0 Å². The summed E-state index contributed by atoms with van der Waals surface area (Å²) in [6, 6.07) is 8.37. The van der Waals surface area contributed by atoms with Crippen LogP contribution in [0.4, 0.5) is 0 Å². The van der Waals surface area contributed by atoms with E-state index in [-0.39, 0.29) is 11.5 Å². The van der Waals surface area contributed by atoms with E-state index >= 15 is 0 Å². The zero-order valence-corrected chi connectivity index (χ0v) is 12.6. The number of H-pyrrole nitrogens is 1. The van der Waals surface area contributed by atoms with E-state index in [0.29, 0.717) is 16.9 Å². The highest BCUT2D eigenvalue weighted by molar-refractivity contribution is 5.77. The number of nitrogens with one attached hydrogen (secondary N) is 1. The van der Waals surface area contributed by atoms with Gasteiger partial charge < -0.3 is 4.98 Å². The molecular formula is C16H18N4O. The average Bonchev–Trinajstić information content (AvgIpc) is 2.76. The van der Waals surface area contributed by atoms with Crippen molar-refractivity contribution in [3.05, 3.63) is 57.3 Å². The Morgan fingerprint density at radius 3 is 2.52 bits per heavy atom. The molecule has 21 heavy (non-hydrogen) atoms. The molecule has 0 amide bonds. The van der Waals surface area contributed by atoms with Crippen molar-refractivity contribution < 1.29 is 0 Å². The van der Waals surface area contributed by atoms with Crippen molar-refractivity contribution in [2.75, 3.05) is 0 Å². The molecule has 0 aliphatic carbocycles. The Bertz CT molecular complexity index is 858. The normalized spacial score (nSPS) is 12.8. The Hall–Kier alpha value is -2.43. The van der Waals surface area contributed by atoms with Gasteiger partial charge in [0.15, 0.2) is 5.52 Å². The number of benzene rings is 1. The monoisotopic (exact) mass is 282 g/mol. The lowest BCUT2D eigenvalue weighted by atomic mass is 9.96. The quantitative estimate of drug-likeness (QED) is 0.785. The fraction of sp³-hybridized carbons (Fsp3) is 0.312. The second kappa shape index (κ2) is 4.84. The van der Waals surface area contributed by atoms with Crippen LogP contribution >= 0.6 is 0 Å². The molecule has 1 aromatic carbocycles. The van der Waals surface area contributed by atoms with E-state index in [0.717, 1.165) is 5.69 Å². The van der Waals surface area contributed by atoms with Crippen LogP contribution in [0.15, 0.2) is 29.1 Å². The summed E-state index contributed by atoms with van der Waals surface area (Å²) in [6.07, 6.45) is 0. The first-order valence-corrected chi connectivity index (χ1v) is 6.97. The van der Waals surface area contributed by atoms with Gasteiger partial charge in [-0.15, -0.1) is 0 Å². The molecule has 1 unspecified atom stereocenters. The topological polar surface area (TPSA) is 63.6 Å². The number of hydrogen-bond acceptors (Lipinski definition) is 3. The van der Waals surface area contributed by atoms with Gasteiger partial charge in [-0.05, 0) is 19.4 Å². The number of aryl methyl sites for hydroxylation is 3. The molecule has 0 aliphatic rings. The maximum absolute atomic E-state index is 12.1. The van der Waals surface area contributed by atoms with Crippen molar-refractivity contribution in [1.29, 1.82) is 0 Å². The molecule has 3 rings (SSSR count). The third-order valence-electron chi connectivity index (χ3n) is 3.82. The Kier molecular flexibility index (Phi) is 3.12. The molecule has 0 spiro atoms. The summed E-state index contributed by atoms with van der Waals surface area (Å²) in [6.45, 7) is 5.94. The Morgan fingerprint density at radius 2 is 1.86 bits per heavy atom. The van der Waals surface area contributed by atoms with Gasteiger partial charge in [0.2, 0.25) is 0 Å². The predicted molar refractivity (Wildman–Crippen MR) is 82.6 cm³/mol. The summed E-state index contributed by atoms with van der Waals surface area (Å²) in [5.41, 5.74) is 4.30. The highest BCUT2D eigenvalue weighted by Crippen LogP contribution is 2.27. The Balaban J connectivity index is 2.20. The molecule has 108 valence electrons. The Morgan fingerprint density at radius 1 is 1.19 bits per heavy atom. The van der Waals surface area contributed by atoms with Gasteiger partial charge in [-0.1, -0.05) is 36.8 Å². The summed E-state index contributed by atoms with van der Waals surface area (Å²) < 4.78 is 1.61. The average molecular weight is 282 g/mol. The van der Waals surface area contributed by atoms with E-state index in [4.69, 9.17) is 0 Å². The lowest BCUT2D eigenvalue weighted by molar-refractivity contribution is 0.742. The first-order valence-electron chi connectivity index (χ1n) is 6.97. The van der Waals surface area contributed by atoms with Gasteiger partial charge >= 0.3 is 0 Å². The molecule has 1 atom stereocenters. The van der Waals surface area contributed by atoms with Crippen molar-refractivity contribution in [1.82, 2.24) is 19.7 Å². The van der Waals surface area contributed by atoms with Gasteiger partial charge in [-0.3, -0.25) is 9.48 Å². The second-order valence-corrected chi connectivity index (χ2v) is 5.49. The van der Waals surface area contributed by atoms with Crippen LogP contribution in [-0.4, -0.2) is 19.7 Å². The number of nitrogens with zero attached hydrogens (tertiary/aromatic N) is 3. The third-order valence-corrected chi connectivity index (χ3v) is 3.82. The minimum atomic E-state index is -0.144. The van der Waals surface area contributed by atoms with E-state index < -0.39 is 0 Å². The van der Waals surface area contributed by atoms with Gasteiger partial charge in [0.25, 0.3) is 5.56 Å². The number of hydrogen-bond donors (Lipinski definition) is 1.